The highest BCUT2D eigenvalue weighted by molar-refractivity contribution is 7.92. The highest BCUT2D eigenvalue weighted by Crippen LogP contribution is 2.28. The van der Waals surface area contributed by atoms with E-state index >= 15 is 0 Å². The van der Waals surface area contributed by atoms with Crippen LogP contribution in [0, 0.1) is 20.8 Å². The van der Waals surface area contributed by atoms with Crippen LogP contribution in [-0.4, -0.2) is 41.2 Å². The van der Waals surface area contributed by atoms with Crippen molar-refractivity contribution in [2.24, 2.45) is 0 Å². The number of carbonyl (C=O) groups excluding carboxylic acids is 1. The number of benzene rings is 2. The fourth-order valence-electron chi connectivity index (χ4n) is 3.10. The Bertz CT molecular complexity index is 912. The monoisotopic (exact) mass is 389 g/mol. The minimum Gasteiger partial charge on any atom is -0.378 e. The molecule has 0 radical (unpaired) electrons. The van der Waals surface area contributed by atoms with Gasteiger partial charge < -0.3 is 10.2 Å². The van der Waals surface area contributed by atoms with Crippen LogP contribution in [0.5, 0.6) is 0 Å². The van der Waals surface area contributed by atoms with Crippen LogP contribution in [0.4, 0.5) is 17.1 Å². The molecule has 0 fully saturated rings. The Hall–Kier alpha value is -2.54. The maximum absolute atomic E-state index is 12.5. The second-order valence-corrected chi connectivity index (χ2v) is 8.91. The Morgan fingerprint density at radius 1 is 1.00 bits per heavy atom. The third-order valence-electron chi connectivity index (χ3n) is 4.24. The van der Waals surface area contributed by atoms with E-state index in [1.165, 1.54) is 4.31 Å². The Morgan fingerprint density at radius 3 is 1.96 bits per heavy atom. The van der Waals surface area contributed by atoms with Crippen molar-refractivity contribution in [2.75, 3.05) is 41.4 Å². The highest BCUT2D eigenvalue weighted by Gasteiger charge is 2.24. The summed E-state index contributed by atoms with van der Waals surface area (Å²) in [6.45, 7) is 5.38. The Morgan fingerprint density at radius 2 is 1.52 bits per heavy atom. The Balaban J connectivity index is 2.26. The Labute approximate surface area is 161 Å². The number of carbonyl (C=O) groups is 1. The molecule has 2 rings (SSSR count). The first-order chi connectivity index (χ1) is 12.5. The van der Waals surface area contributed by atoms with E-state index in [2.05, 4.69) is 5.32 Å². The lowest BCUT2D eigenvalue weighted by molar-refractivity contribution is -0.114. The number of nitrogens with one attached hydrogen (secondary N) is 1. The van der Waals surface area contributed by atoms with Gasteiger partial charge in [-0.25, -0.2) is 8.42 Å². The zero-order valence-electron chi connectivity index (χ0n) is 16.7. The van der Waals surface area contributed by atoms with Gasteiger partial charge in [0.1, 0.15) is 6.54 Å². The number of aryl methyl sites for hydroxylation is 3. The van der Waals surface area contributed by atoms with Crippen LogP contribution >= 0.6 is 0 Å². The van der Waals surface area contributed by atoms with Crippen molar-refractivity contribution in [2.45, 2.75) is 20.8 Å². The molecule has 0 saturated heterocycles. The van der Waals surface area contributed by atoms with Gasteiger partial charge in [0.05, 0.1) is 11.9 Å². The van der Waals surface area contributed by atoms with Crippen LogP contribution in [0.3, 0.4) is 0 Å². The molecule has 0 aliphatic carbocycles. The molecule has 2 aromatic carbocycles. The third kappa shape index (κ3) is 5.23. The van der Waals surface area contributed by atoms with Crippen molar-refractivity contribution in [3.05, 3.63) is 53.1 Å². The first-order valence-corrected chi connectivity index (χ1v) is 10.5. The van der Waals surface area contributed by atoms with E-state index in [0.29, 0.717) is 11.4 Å². The lowest BCUT2D eigenvalue weighted by Crippen LogP contribution is -2.38. The highest BCUT2D eigenvalue weighted by atomic mass is 32.2. The zero-order chi connectivity index (χ0) is 20.4. The molecule has 0 aliphatic heterocycles. The Kier molecular flexibility index (Phi) is 6.15. The van der Waals surface area contributed by atoms with E-state index in [-0.39, 0.29) is 6.54 Å². The predicted molar refractivity (Wildman–Crippen MR) is 112 cm³/mol. The molecule has 6 nitrogen and oxygen atoms in total. The lowest BCUT2D eigenvalue weighted by atomic mass is 10.1. The van der Waals surface area contributed by atoms with Crippen molar-refractivity contribution < 1.29 is 13.2 Å². The maximum atomic E-state index is 12.5. The molecule has 27 heavy (non-hydrogen) atoms. The number of anilines is 3. The summed E-state index contributed by atoms with van der Waals surface area (Å²) in [5.41, 5.74) is 4.88. The van der Waals surface area contributed by atoms with E-state index in [4.69, 9.17) is 0 Å². The predicted octanol–water partition coefficient (Wildman–Crippen LogP) is 3.08. The summed E-state index contributed by atoms with van der Waals surface area (Å²) in [5, 5.41) is 2.77. The SMILES string of the molecule is Cc1cc(C)c(N(CC(=O)Nc2ccc(N(C)C)cc2)S(C)(=O)=O)c(C)c1. The molecule has 0 bridgehead atoms. The molecule has 1 amide bonds. The van der Waals surface area contributed by atoms with E-state index in [1.54, 1.807) is 12.1 Å². The fraction of sp³-hybridized carbons (Fsp3) is 0.350. The van der Waals surface area contributed by atoms with Gasteiger partial charge in [-0.1, -0.05) is 17.7 Å². The summed E-state index contributed by atoms with van der Waals surface area (Å²) < 4.78 is 25.9. The normalized spacial score (nSPS) is 11.2. The van der Waals surface area contributed by atoms with Gasteiger partial charge >= 0.3 is 0 Å². The van der Waals surface area contributed by atoms with E-state index in [9.17, 15) is 13.2 Å². The number of hydrogen-bond acceptors (Lipinski definition) is 4. The molecule has 7 heteroatoms. The van der Waals surface area contributed by atoms with Gasteiger partial charge in [-0.3, -0.25) is 9.10 Å². The summed E-state index contributed by atoms with van der Waals surface area (Å²) in [6.07, 6.45) is 1.12. The van der Waals surface area contributed by atoms with Crippen LogP contribution in [-0.2, 0) is 14.8 Å². The van der Waals surface area contributed by atoms with Gasteiger partial charge in [-0.2, -0.15) is 0 Å². The minimum atomic E-state index is -3.62. The third-order valence-corrected chi connectivity index (χ3v) is 5.35. The van der Waals surface area contributed by atoms with Crippen molar-refractivity contribution in [3.63, 3.8) is 0 Å². The van der Waals surface area contributed by atoms with Gasteiger partial charge in [-0.05, 0) is 56.2 Å². The maximum Gasteiger partial charge on any atom is 0.245 e. The van der Waals surface area contributed by atoms with E-state index < -0.39 is 15.9 Å². The number of sulfonamides is 1. The molecular weight excluding hydrogens is 362 g/mol. The molecule has 146 valence electrons. The van der Waals surface area contributed by atoms with Gasteiger partial charge in [-0.15, -0.1) is 0 Å². The lowest BCUT2D eigenvalue weighted by Gasteiger charge is -2.26. The molecule has 0 aromatic heterocycles. The smallest absolute Gasteiger partial charge is 0.245 e. The summed E-state index contributed by atoms with van der Waals surface area (Å²) in [4.78, 5) is 14.5. The van der Waals surface area contributed by atoms with Gasteiger partial charge in [0, 0.05) is 25.5 Å². The molecule has 0 spiro atoms. The topological polar surface area (TPSA) is 69.7 Å². The van der Waals surface area contributed by atoms with Crippen LogP contribution in [0.2, 0.25) is 0 Å². The second-order valence-electron chi connectivity index (χ2n) is 7.01. The van der Waals surface area contributed by atoms with Crippen LogP contribution in [0.1, 0.15) is 16.7 Å². The fourth-order valence-corrected chi connectivity index (χ4v) is 4.07. The average molecular weight is 390 g/mol. The summed E-state index contributed by atoms with van der Waals surface area (Å²) >= 11 is 0. The number of rotatable bonds is 6. The molecule has 2 aromatic rings. The molecular formula is C20H27N3O3S. The molecule has 0 atom stereocenters. The summed E-state index contributed by atoms with van der Waals surface area (Å²) in [6, 6.07) is 11.2. The van der Waals surface area contributed by atoms with Crippen LogP contribution in [0.15, 0.2) is 36.4 Å². The van der Waals surface area contributed by atoms with Crippen molar-refractivity contribution >= 4 is 33.0 Å². The molecule has 1 N–H and O–H groups in total. The van der Waals surface area contributed by atoms with Gasteiger partial charge in [0.2, 0.25) is 15.9 Å². The molecule has 0 unspecified atom stereocenters. The quantitative estimate of drug-likeness (QED) is 0.824. The van der Waals surface area contributed by atoms with Crippen LogP contribution < -0.4 is 14.5 Å². The standard InChI is InChI=1S/C20H27N3O3S/c1-14-11-15(2)20(16(3)12-14)23(27(6,25)26)13-19(24)21-17-7-9-18(10-8-17)22(4)5/h7-12H,13H2,1-6H3,(H,21,24). The van der Waals surface area contributed by atoms with Crippen molar-refractivity contribution in [1.82, 2.24) is 0 Å². The van der Waals surface area contributed by atoms with Crippen molar-refractivity contribution in [3.8, 4) is 0 Å². The molecule has 0 heterocycles. The zero-order valence-corrected chi connectivity index (χ0v) is 17.5. The van der Waals surface area contributed by atoms with Crippen molar-refractivity contribution in [1.29, 1.82) is 0 Å². The number of hydrogen-bond donors (Lipinski definition) is 1. The first-order valence-electron chi connectivity index (χ1n) is 8.62. The minimum absolute atomic E-state index is 0.279. The average Bonchev–Trinajstić information content (AvgIpc) is 2.52. The van der Waals surface area contributed by atoms with E-state index in [0.717, 1.165) is 28.6 Å². The summed E-state index contributed by atoms with van der Waals surface area (Å²) in [7, 11) is 0.253. The van der Waals surface area contributed by atoms with E-state index in [1.807, 2.05) is 64.0 Å². The largest absolute Gasteiger partial charge is 0.378 e. The van der Waals surface area contributed by atoms with Gasteiger partial charge in [0.25, 0.3) is 0 Å². The molecule has 0 aliphatic rings. The molecule has 0 saturated carbocycles. The number of nitrogens with zero attached hydrogens (tertiary/aromatic N) is 2. The number of amides is 1. The van der Waals surface area contributed by atoms with Gasteiger partial charge in [0.15, 0.2) is 0 Å². The summed E-state index contributed by atoms with van der Waals surface area (Å²) in [5.74, 6) is -0.391. The van der Waals surface area contributed by atoms with Crippen LogP contribution in [0.25, 0.3) is 0 Å². The second kappa shape index (κ2) is 8.00. The first kappa shape index (κ1) is 20.8.